The van der Waals surface area contributed by atoms with Gasteiger partial charge in [0.15, 0.2) is 0 Å². The molecular weight excluding hydrogens is 350 g/mol. The molecule has 1 aromatic heterocycles. The first-order valence-electron chi connectivity index (χ1n) is 9.53. The van der Waals surface area contributed by atoms with Gasteiger partial charge in [0.1, 0.15) is 0 Å². The van der Waals surface area contributed by atoms with Crippen LogP contribution in [-0.2, 0) is 16.0 Å². The Balaban J connectivity index is 1.66. The highest BCUT2D eigenvalue weighted by Crippen LogP contribution is 2.22. The SMILES string of the molecule is CC(=O)N(CCc1c[nH]c2ccccc12)CC(=O)Nc1c(C)cc(C)cc1C. The van der Waals surface area contributed by atoms with Crippen molar-refractivity contribution in [3.63, 3.8) is 0 Å². The third-order valence-electron chi connectivity index (χ3n) is 5.05. The molecule has 5 heteroatoms. The maximum absolute atomic E-state index is 12.6. The standard InChI is InChI=1S/C23H27N3O2/c1-15-11-16(2)23(17(3)12-15)25-22(28)14-26(18(4)27)10-9-19-13-24-21-8-6-5-7-20(19)21/h5-8,11-13,24H,9-10,14H2,1-4H3,(H,25,28). The van der Waals surface area contributed by atoms with Gasteiger partial charge in [-0.25, -0.2) is 0 Å². The largest absolute Gasteiger partial charge is 0.361 e. The fourth-order valence-corrected chi connectivity index (χ4v) is 3.67. The second kappa shape index (κ2) is 8.30. The zero-order valence-electron chi connectivity index (χ0n) is 16.9. The number of carbonyl (C=O) groups is 2. The molecule has 0 bridgehead atoms. The average molecular weight is 377 g/mol. The molecule has 0 saturated heterocycles. The number of carbonyl (C=O) groups excluding carboxylic acids is 2. The van der Waals surface area contributed by atoms with Gasteiger partial charge in [0.25, 0.3) is 0 Å². The Hall–Kier alpha value is -3.08. The van der Waals surface area contributed by atoms with E-state index in [1.165, 1.54) is 6.92 Å². The third-order valence-corrected chi connectivity index (χ3v) is 5.05. The van der Waals surface area contributed by atoms with Crippen molar-refractivity contribution >= 4 is 28.4 Å². The van der Waals surface area contributed by atoms with Gasteiger partial charge in [0, 0.05) is 36.3 Å². The summed E-state index contributed by atoms with van der Waals surface area (Å²) in [6, 6.07) is 12.2. The van der Waals surface area contributed by atoms with E-state index in [1.54, 1.807) is 4.90 Å². The number of aryl methyl sites for hydroxylation is 3. The first-order chi connectivity index (χ1) is 13.3. The minimum absolute atomic E-state index is 0.0461. The molecule has 2 aromatic carbocycles. The number of hydrogen-bond donors (Lipinski definition) is 2. The molecular formula is C23H27N3O2. The first-order valence-corrected chi connectivity index (χ1v) is 9.53. The van der Waals surface area contributed by atoms with Crippen LogP contribution in [0.5, 0.6) is 0 Å². The predicted octanol–water partition coefficient (Wildman–Crippen LogP) is 4.12. The van der Waals surface area contributed by atoms with E-state index in [9.17, 15) is 9.59 Å². The molecule has 0 saturated carbocycles. The van der Waals surface area contributed by atoms with Crippen LogP contribution in [-0.4, -0.2) is 34.8 Å². The van der Waals surface area contributed by atoms with E-state index in [0.717, 1.165) is 38.8 Å². The summed E-state index contributed by atoms with van der Waals surface area (Å²) < 4.78 is 0. The number of rotatable bonds is 6. The zero-order valence-corrected chi connectivity index (χ0v) is 16.9. The average Bonchev–Trinajstić information content (AvgIpc) is 3.04. The van der Waals surface area contributed by atoms with Crippen LogP contribution in [0.15, 0.2) is 42.6 Å². The Labute approximate surface area is 165 Å². The summed E-state index contributed by atoms with van der Waals surface area (Å²) in [5.41, 5.74) is 6.27. The van der Waals surface area contributed by atoms with Gasteiger partial charge in [-0.3, -0.25) is 9.59 Å². The molecule has 0 unspecified atom stereocenters. The molecule has 0 aliphatic heterocycles. The lowest BCUT2D eigenvalue weighted by molar-refractivity contribution is -0.132. The van der Waals surface area contributed by atoms with E-state index in [1.807, 2.05) is 57.3 Å². The summed E-state index contributed by atoms with van der Waals surface area (Å²) in [6.45, 7) is 8.05. The van der Waals surface area contributed by atoms with E-state index in [-0.39, 0.29) is 18.4 Å². The molecule has 5 nitrogen and oxygen atoms in total. The molecule has 2 amide bonds. The Bertz CT molecular complexity index is 997. The molecule has 0 aliphatic rings. The maximum atomic E-state index is 12.6. The van der Waals surface area contributed by atoms with E-state index >= 15 is 0 Å². The number of amides is 2. The summed E-state index contributed by atoms with van der Waals surface area (Å²) >= 11 is 0. The summed E-state index contributed by atoms with van der Waals surface area (Å²) in [5, 5.41) is 4.13. The number of benzene rings is 2. The molecule has 0 atom stereocenters. The minimum atomic E-state index is -0.177. The van der Waals surface area contributed by atoms with Crippen LogP contribution in [0.3, 0.4) is 0 Å². The lowest BCUT2D eigenvalue weighted by Crippen LogP contribution is -2.38. The summed E-state index contributed by atoms with van der Waals surface area (Å²) in [5.74, 6) is -0.281. The second-order valence-corrected chi connectivity index (χ2v) is 7.37. The Morgan fingerprint density at radius 2 is 1.75 bits per heavy atom. The summed E-state index contributed by atoms with van der Waals surface area (Å²) in [4.78, 5) is 29.5. The number of fused-ring (bicyclic) bond motifs is 1. The first kappa shape index (κ1) is 19.7. The molecule has 2 N–H and O–H groups in total. The highest BCUT2D eigenvalue weighted by Gasteiger charge is 2.16. The molecule has 3 rings (SSSR count). The smallest absolute Gasteiger partial charge is 0.244 e. The summed E-state index contributed by atoms with van der Waals surface area (Å²) in [7, 11) is 0. The number of aromatic amines is 1. The number of nitrogens with one attached hydrogen (secondary N) is 2. The molecule has 146 valence electrons. The van der Waals surface area contributed by atoms with Crippen molar-refractivity contribution in [2.75, 3.05) is 18.4 Å². The highest BCUT2D eigenvalue weighted by molar-refractivity contribution is 5.95. The zero-order chi connectivity index (χ0) is 20.3. The van der Waals surface area contributed by atoms with Crippen molar-refractivity contribution in [1.29, 1.82) is 0 Å². The molecule has 0 fully saturated rings. The van der Waals surface area contributed by atoms with Crippen molar-refractivity contribution < 1.29 is 9.59 Å². The van der Waals surface area contributed by atoms with E-state index in [0.29, 0.717) is 13.0 Å². The maximum Gasteiger partial charge on any atom is 0.244 e. The quantitative estimate of drug-likeness (QED) is 0.678. The van der Waals surface area contributed by atoms with Gasteiger partial charge in [-0.05, 0) is 49.9 Å². The molecule has 0 radical (unpaired) electrons. The minimum Gasteiger partial charge on any atom is -0.361 e. The molecule has 0 aliphatic carbocycles. The van der Waals surface area contributed by atoms with E-state index < -0.39 is 0 Å². The van der Waals surface area contributed by atoms with Gasteiger partial charge in [-0.15, -0.1) is 0 Å². The second-order valence-electron chi connectivity index (χ2n) is 7.37. The van der Waals surface area contributed by atoms with Crippen LogP contribution in [0.4, 0.5) is 5.69 Å². The van der Waals surface area contributed by atoms with Crippen molar-refractivity contribution in [3.05, 3.63) is 64.8 Å². The topological polar surface area (TPSA) is 65.2 Å². The lowest BCUT2D eigenvalue weighted by Gasteiger charge is -2.21. The van der Waals surface area contributed by atoms with Crippen LogP contribution in [0.2, 0.25) is 0 Å². The highest BCUT2D eigenvalue weighted by atomic mass is 16.2. The number of nitrogens with zero attached hydrogens (tertiary/aromatic N) is 1. The van der Waals surface area contributed by atoms with Crippen molar-refractivity contribution in [1.82, 2.24) is 9.88 Å². The van der Waals surface area contributed by atoms with Crippen LogP contribution < -0.4 is 5.32 Å². The number of aromatic nitrogens is 1. The monoisotopic (exact) mass is 377 g/mol. The van der Waals surface area contributed by atoms with Crippen LogP contribution in [0, 0.1) is 20.8 Å². The lowest BCUT2D eigenvalue weighted by atomic mass is 10.1. The molecule has 1 heterocycles. The number of anilines is 1. The third kappa shape index (κ3) is 4.42. The van der Waals surface area contributed by atoms with Crippen molar-refractivity contribution in [3.8, 4) is 0 Å². The van der Waals surface area contributed by atoms with Crippen LogP contribution >= 0.6 is 0 Å². The predicted molar refractivity (Wildman–Crippen MR) is 114 cm³/mol. The molecule has 0 spiro atoms. The van der Waals surface area contributed by atoms with Gasteiger partial charge >= 0.3 is 0 Å². The van der Waals surface area contributed by atoms with Gasteiger partial charge in [-0.1, -0.05) is 35.9 Å². The molecule has 28 heavy (non-hydrogen) atoms. The number of para-hydroxylation sites is 1. The fourth-order valence-electron chi connectivity index (χ4n) is 3.67. The number of H-pyrrole nitrogens is 1. The van der Waals surface area contributed by atoms with Gasteiger partial charge in [-0.2, -0.15) is 0 Å². The summed E-state index contributed by atoms with van der Waals surface area (Å²) in [6.07, 6.45) is 2.67. The van der Waals surface area contributed by atoms with Crippen molar-refractivity contribution in [2.45, 2.75) is 34.1 Å². The fraction of sp³-hybridized carbons (Fsp3) is 0.304. The van der Waals surface area contributed by atoms with E-state index in [2.05, 4.69) is 16.4 Å². The molecule has 3 aromatic rings. The Morgan fingerprint density at radius 1 is 1.07 bits per heavy atom. The van der Waals surface area contributed by atoms with Crippen LogP contribution in [0.1, 0.15) is 29.2 Å². The van der Waals surface area contributed by atoms with Gasteiger partial charge in [0.2, 0.25) is 11.8 Å². The normalized spacial score (nSPS) is 10.9. The van der Waals surface area contributed by atoms with E-state index in [4.69, 9.17) is 0 Å². The van der Waals surface area contributed by atoms with Crippen LogP contribution in [0.25, 0.3) is 10.9 Å². The van der Waals surface area contributed by atoms with Gasteiger partial charge in [0.05, 0.1) is 6.54 Å². The Morgan fingerprint density at radius 3 is 2.43 bits per heavy atom. The number of hydrogen-bond acceptors (Lipinski definition) is 2. The van der Waals surface area contributed by atoms with Gasteiger partial charge < -0.3 is 15.2 Å². The Kier molecular flexibility index (Phi) is 5.83. The van der Waals surface area contributed by atoms with Crippen molar-refractivity contribution in [2.24, 2.45) is 0 Å².